The van der Waals surface area contributed by atoms with Crippen molar-refractivity contribution in [3.8, 4) is 0 Å². The topological polar surface area (TPSA) is 29.1 Å². The lowest BCUT2D eigenvalue weighted by Gasteiger charge is -2.14. The van der Waals surface area contributed by atoms with E-state index in [1.54, 1.807) is 0 Å². The van der Waals surface area contributed by atoms with Crippen LogP contribution in [-0.2, 0) is 0 Å². The lowest BCUT2D eigenvalue weighted by Crippen LogP contribution is -2.33. The molecule has 17 heavy (non-hydrogen) atoms. The van der Waals surface area contributed by atoms with Crippen molar-refractivity contribution in [1.29, 1.82) is 0 Å². The summed E-state index contributed by atoms with van der Waals surface area (Å²) in [5, 5.41) is 2.99. The van der Waals surface area contributed by atoms with E-state index in [1.807, 2.05) is 39.0 Å². The molecule has 0 aromatic heterocycles. The highest BCUT2D eigenvalue weighted by atomic mass is 35.5. The number of hydrogen-bond acceptors (Lipinski definition) is 1. The zero-order chi connectivity index (χ0) is 12.8. The van der Waals surface area contributed by atoms with Crippen LogP contribution in [0, 0.1) is 13.8 Å². The molecular formula is C14H20ClNO. The van der Waals surface area contributed by atoms with Gasteiger partial charge in [0.25, 0.3) is 5.91 Å². The van der Waals surface area contributed by atoms with E-state index in [1.165, 1.54) is 5.56 Å². The number of benzene rings is 1. The van der Waals surface area contributed by atoms with Crippen LogP contribution in [0.2, 0.25) is 0 Å². The number of nitrogens with one attached hydrogen (secondary N) is 1. The van der Waals surface area contributed by atoms with Crippen LogP contribution in [0.4, 0.5) is 0 Å². The summed E-state index contributed by atoms with van der Waals surface area (Å²) < 4.78 is 0. The minimum atomic E-state index is 0.00423. The van der Waals surface area contributed by atoms with E-state index in [0.717, 1.165) is 24.0 Å². The van der Waals surface area contributed by atoms with Crippen LogP contribution < -0.4 is 5.32 Å². The van der Waals surface area contributed by atoms with E-state index < -0.39 is 0 Å². The lowest BCUT2D eigenvalue weighted by molar-refractivity contribution is 0.0937. The zero-order valence-corrected chi connectivity index (χ0v) is 11.5. The number of carbonyl (C=O) groups excluding carboxylic acids is 1. The van der Waals surface area contributed by atoms with Gasteiger partial charge in [0.2, 0.25) is 0 Å². The third kappa shape index (κ3) is 4.39. The number of amides is 1. The number of halogens is 1. The Balaban J connectivity index is 2.63. The fourth-order valence-corrected chi connectivity index (χ4v) is 1.98. The summed E-state index contributed by atoms with van der Waals surface area (Å²) in [5.41, 5.74) is 2.95. The maximum absolute atomic E-state index is 12.0. The van der Waals surface area contributed by atoms with Crippen LogP contribution in [0.25, 0.3) is 0 Å². The second kappa shape index (κ2) is 6.65. The van der Waals surface area contributed by atoms with Crippen molar-refractivity contribution in [3.05, 3.63) is 34.9 Å². The van der Waals surface area contributed by atoms with E-state index in [2.05, 4.69) is 5.32 Å². The second-order valence-corrected chi connectivity index (χ2v) is 4.90. The molecule has 0 aliphatic rings. The van der Waals surface area contributed by atoms with Crippen molar-refractivity contribution in [2.24, 2.45) is 0 Å². The highest BCUT2D eigenvalue weighted by Crippen LogP contribution is 2.11. The monoisotopic (exact) mass is 253 g/mol. The van der Waals surface area contributed by atoms with Crippen molar-refractivity contribution in [2.45, 2.75) is 39.7 Å². The van der Waals surface area contributed by atoms with Gasteiger partial charge >= 0.3 is 0 Å². The van der Waals surface area contributed by atoms with Crippen LogP contribution in [-0.4, -0.2) is 17.8 Å². The fraction of sp³-hybridized carbons (Fsp3) is 0.500. The molecule has 0 aliphatic heterocycles. The van der Waals surface area contributed by atoms with E-state index in [-0.39, 0.29) is 11.9 Å². The van der Waals surface area contributed by atoms with E-state index in [9.17, 15) is 4.79 Å². The average Bonchev–Trinajstić information content (AvgIpc) is 2.26. The van der Waals surface area contributed by atoms with E-state index >= 15 is 0 Å². The predicted octanol–water partition coefficient (Wildman–Crippen LogP) is 3.44. The highest BCUT2D eigenvalue weighted by Gasteiger charge is 2.11. The third-order valence-corrected chi connectivity index (χ3v) is 3.04. The summed E-state index contributed by atoms with van der Waals surface area (Å²) in [6, 6.07) is 6.04. The number of aryl methyl sites for hydroxylation is 2. The van der Waals surface area contributed by atoms with Gasteiger partial charge in [0.15, 0.2) is 0 Å². The summed E-state index contributed by atoms with van der Waals surface area (Å²) in [7, 11) is 0. The first-order valence-electron chi connectivity index (χ1n) is 5.98. The molecule has 1 atom stereocenters. The quantitative estimate of drug-likeness (QED) is 0.801. The van der Waals surface area contributed by atoms with Gasteiger partial charge in [-0.25, -0.2) is 0 Å². The maximum Gasteiger partial charge on any atom is 0.251 e. The zero-order valence-electron chi connectivity index (χ0n) is 10.7. The molecular weight excluding hydrogens is 234 g/mol. The van der Waals surface area contributed by atoms with Crippen molar-refractivity contribution < 1.29 is 4.79 Å². The van der Waals surface area contributed by atoms with Crippen LogP contribution >= 0.6 is 11.6 Å². The fourth-order valence-electron chi connectivity index (χ4n) is 1.83. The molecule has 0 heterocycles. The summed E-state index contributed by atoms with van der Waals surface area (Å²) in [6.45, 7) is 6.00. The molecule has 1 rings (SSSR count). The van der Waals surface area contributed by atoms with Gasteiger partial charge in [-0.3, -0.25) is 4.79 Å². The summed E-state index contributed by atoms with van der Waals surface area (Å²) in [5.74, 6) is 0.647. The Kier molecular flexibility index (Phi) is 5.49. The molecule has 0 saturated heterocycles. The second-order valence-electron chi connectivity index (χ2n) is 4.52. The first kappa shape index (κ1) is 14.0. The molecule has 0 fully saturated rings. The normalized spacial score (nSPS) is 12.2. The van der Waals surface area contributed by atoms with E-state index in [4.69, 9.17) is 11.6 Å². The van der Waals surface area contributed by atoms with Gasteiger partial charge < -0.3 is 5.32 Å². The van der Waals surface area contributed by atoms with Gasteiger partial charge in [-0.2, -0.15) is 0 Å². The number of hydrogen-bond donors (Lipinski definition) is 1. The minimum absolute atomic E-state index is 0.00423. The van der Waals surface area contributed by atoms with Crippen LogP contribution in [0.1, 0.15) is 41.3 Å². The Hall–Kier alpha value is -1.02. The molecule has 1 aromatic carbocycles. The van der Waals surface area contributed by atoms with Gasteiger partial charge in [0.1, 0.15) is 0 Å². The van der Waals surface area contributed by atoms with Gasteiger partial charge in [0.05, 0.1) is 0 Å². The smallest absolute Gasteiger partial charge is 0.251 e. The van der Waals surface area contributed by atoms with Gasteiger partial charge in [0, 0.05) is 17.5 Å². The molecule has 0 radical (unpaired) electrons. The largest absolute Gasteiger partial charge is 0.350 e. The van der Waals surface area contributed by atoms with Gasteiger partial charge in [-0.15, -0.1) is 11.6 Å². The molecule has 0 aliphatic carbocycles. The summed E-state index contributed by atoms with van der Waals surface area (Å²) in [4.78, 5) is 12.0. The molecule has 3 heteroatoms. The molecule has 1 unspecified atom stereocenters. The molecule has 1 aromatic rings. The highest BCUT2D eigenvalue weighted by molar-refractivity contribution is 6.17. The molecule has 1 amide bonds. The lowest BCUT2D eigenvalue weighted by atomic mass is 10.0. The molecule has 0 spiro atoms. The standard InChI is InChI=1S/C14H20ClNO/c1-10-6-7-13(11(2)9-10)14(17)16-12(3)5-4-8-15/h6-7,9,12H,4-5,8H2,1-3H3,(H,16,17). The number of alkyl halides is 1. The van der Waals surface area contributed by atoms with Crippen molar-refractivity contribution >= 4 is 17.5 Å². The SMILES string of the molecule is Cc1ccc(C(=O)NC(C)CCCCl)c(C)c1. The maximum atomic E-state index is 12.0. The van der Waals surface area contributed by atoms with Crippen LogP contribution in [0.5, 0.6) is 0 Å². The summed E-state index contributed by atoms with van der Waals surface area (Å²) >= 11 is 5.63. The van der Waals surface area contributed by atoms with Crippen LogP contribution in [0.15, 0.2) is 18.2 Å². The molecule has 0 bridgehead atoms. The Morgan fingerprint density at radius 3 is 2.71 bits per heavy atom. The Morgan fingerprint density at radius 2 is 2.12 bits per heavy atom. The van der Waals surface area contributed by atoms with Crippen LogP contribution in [0.3, 0.4) is 0 Å². The summed E-state index contributed by atoms with van der Waals surface area (Å²) in [6.07, 6.45) is 1.84. The Morgan fingerprint density at radius 1 is 1.41 bits per heavy atom. The molecule has 2 nitrogen and oxygen atoms in total. The third-order valence-electron chi connectivity index (χ3n) is 2.77. The molecule has 94 valence electrons. The van der Waals surface area contributed by atoms with E-state index in [0.29, 0.717) is 5.88 Å². The minimum Gasteiger partial charge on any atom is -0.350 e. The van der Waals surface area contributed by atoms with Crippen molar-refractivity contribution in [1.82, 2.24) is 5.32 Å². The van der Waals surface area contributed by atoms with Gasteiger partial charge in [-0.05, 0) is 45.2 Å². The predicted molar refractivity (Wildman–Crippen MR) is 72.8 cm³/mol. The average molecular weight is 254 g/mol. The Bertz CT molecular complexity index is 390. The first-order valence-corrected chi connectivity index (χ1v) is 6.52. The molecule has 1 N–H and O–H groups in total. The van der Waals surface area contributed by atoms with Crippen molar-refractivity contribution in [3.63, 3.8) is 0 Å². The number of rotatable bonds is 5. The number of carbonyl (C=O) groups is 1. The van der Waals surface area contributed by atoms with Gasteiger partial charge in [-0.1, -0.05) is 17.7 Å². The molecule has 0 saturated carbocycles. The first-order chi connectivity index (χ1) is 8.04. The Labute approximate surface area is 108 Å². The van der Waals surface area contributed by atoms with Crippen molar-refractivity contribution in [2.75, 3.05) is 5.88 Å².